The van der Waals surface area contributed by atoms with Crippen molar-refractivity contribution in [1.29, 1.82) is 0 Å². The average Bonchev–Trinajstić information content (AvgIpc) is 2.97. The number of hydrogen-bond donors (Lipinski definition) is 5. The monoisotopic (exact) mass is 399 g/mol. The Morgan fingerprint density at radius 2 is 2.07 bits per heavy atom. The van der Waals surface area contributed by atoms with Crippen molar-refractivity contribution >= 4 is 5.97 Å². The zero-order valence-corrected chi connectivity index (χ0v) is 16.9. The van der Waals surface area contributed by atoms with E-state index < -0.39 is 18.2 Å². The third kappa shape index (κ3) is 9.80. The van der Waals surface area contributed by atoms with Crippen LogP contribution in [0, 0.1) is 11.8 Å². The van der Waals surface area contributed by atoms with E-state index in [0.29, 0.717) is 45.3 Å². The van der Waals surface area contributed by atoms with Crippen LogP contribution < -0.4 is 5.48 Å². The van der Waals surface area contributed by atoms with Crippen molar-refractivity contribution in [2.24, 2.45) is 11.8 Å². The molecule has 28 heavy (non-hydrogen) atoms. The summed E-state index contributed by atoms with van der Waals surface area (Å²) in [7, 11) is 0. The number of carbonyl (C=O) groups is 1. The molecule has 1 unspecified atom stereocenters. The lowest BCUT2D eigenvalue weighted by Crippen LogP contribution is -2.30. The zero-order valence-electron chi connectivity index (χ0n) is 16.9. The van der Waals surface area contributed by atoms with Crippen molar-refractivity contribution in [3.05, 3.63) is 24.3 Å². The first-order valence-corrected chi connectivity index (χ1v) is 10.4. The van der Waals surface area contributed by atoms with E-state index in [1.807, 2.05) is 25.2 Å². The molecule has 162 valence electrons. The Morgan fingerprint density at radius 1 is 1.29 bits per heavy atom. The Bertz CT molecular complexity index is 482. The van der Waals surface area contributed by atoms with Crippen molar-refractivity contribution in [2.75, 3.05) is 13.2 Å². The van der Waals surface area contributed by atoms with E-state index in [1.54, 1.807) is 6.08 Å². The highest BCUT2D eigenvalue weighted by Crippen LogP contribution is 2.36. The van der Waals surface area contributed by atoms with E-state index in [2.05, 4.69) is 5.48 Å². The molecule has 0 bridgehead atoms. The fraction of sp³-hybridized carbons (Fsp3) is 0.762. The number of hydroxylamine groups is 1. The predicted octanol–water partition coefficient (Wildman–Crippen LogP) is 2.66. The maximum absolute atomic E-state index is 10.5. The van der Waals surface area contributed by atoms with Gasteiger partial charge in [0.2, 0.25) is 0 Å². The van der Waals surface area contributed by atoms with Crippen molar-refractivity contribution in [3.8, 4) is 0 Å². The smallest absolute Gasteiger partial charge is 0.303 e. The Morgan fingerprint density at radius 3 is 2.75 bits per heavy atom. The van der Waals surface area contributed by atoms with Crippen molar-refractivity contribution in [1.82, 2.24) is 5.48 Å². The number of carboxylic acids is 1. The largest absolute Gasteiger partial charge is 0.481 e. The number of nitrogens with one attached hydrogen (secondary N) is 1. The van der Waals surface area contributed by atoms with Crippen LogP contribution in [0.3, 0.4) is 0 Å². The molecule has 0 heterocycles. The second-order valence-corrected chi connectivity index (χ2v) is 7.42. The summed E-state index contributed by atoms with van der Waals surface area (Å²) < 4.78 is 5.29. The first-order valence-electron chi connectivity index (χ1n) is 10.4. The summed E-state index contributed by atoms with van der Waals surface area (Å²) in [4.78, 5) is 10.5. The van der Waals surface area contributed by atoms with Gasteiger partial charge in [0.05, 0.1) is 12.2 Å². The van der Waals surface area contributed by atoms with E-state index in [0.717, 1.165) is 12.8 Å². The lowest BCUT2D eigenvalue weighted by atomic mass is 9.89. The molecule has 1 fully saturated rings. The fourth-order valence-corrected chi connectivity index (χ4v) is 3.67. The molecule has 0 spiro atoms. The van der Waals surface area contributed by atoms with Crippen LogP contribution in [0.2, 0.25) is 0 Å². The molecule has 0 aromatic carbocycles. The van der Waals surface area contributed by atoms with Crippen LogP contribution in [-0.2, 0) is 9.53 Å². The van der Waals surface area contributed by atoms with Crippen LogP contribution in [0.1, 0.15) is 58.3 Å². The number of allylic oxidation sites excluding steroid dienone is 2. The second-order valence-electron chi connectivity index (χ2n) is 7.42. The molecule has 7 heteroatoms. The first kappa shape index (κ1) is 24.8. The molecule has 1 rings (SSSR count). The minimum atomic E-state index is -0.793. The minimum absolute atomic E-state index is 0.0539. The van der Waals surface area contributed by atoms with Crippen LogP contribution >= 0.6 is 0 Å². The van der Waals surface area contributed by atoms with Gasteiger partial charge in [0.15, 0.2) is 0 Å². The molecular weight excluding hydrogens is 362 g/mol. The summed E-state index contributed by atoms with van der Waals surface area (Å²) in [6, 6.07) is -0.248. The average molecular weight is 400 g/mol. The first-order chi connectivity index (χ1) is 13.5. The maximum atomic E-state index is 10.5. The highest BCUT2D eigenvalue weighted by molar-refractivity contribution is 5.66. The standard InChI is InChI=1S/C21H37NO6/c1-2-28-14-8-7-9-16(23)12-13-17-18(20(24)15-19(17)22-27)10-5-3-4-6-11-21(25)26/h3,5,12-13,16-20,22-24,27H,2,4,6-11,14-15H2,1H3,(H,25,26)/b5-3+,13-12+/t16-,17+,18+,19?,20-/m0/s1. The van der Waals surface area contributed by atoms with Gasteiger partial charge in [0.1, 0.15) is 0 Å². The highest BCUT2D eigenvalue weighted by Gasteiger charge is 2.40. The van der Waals surface area contributed by atoms with Gasteiger partial charge >= 0.3 is 5.97 Å². The minimum Gasteiger partial charge on any atom is -0.481 e. The van der Waals surface area contributed by atoms with Crippen LogP contribution in [0.5, 0.6) is 0 Å². The van der Waals surface area contributed by atoms with Gasteiger partial charge in [-0.25, -0.2) is 5.48 Å². The molecule has 0 saturated heterocycles. The van der Waals surface area contributed by atoms with Crippen molar-refractivity contribution in [2.45, 2.75) is 76.5 Å². The summed E-state index contributed by atoms with van der Waals surface area (Å²) >= 11 is 0. The summed E-state index contributed by atoms with van der Waals surface area (Å²) in [5, 5.41) is 38.6. The third-order valence-electron chi connectivity index (χ3n) is 5.25. The molecule has 0 radical (unpaired) electrons. The lowest BCUT2D eigenvalue weighted by molar-refractivity contribution is -0.137. The van der Waals surface area contributed by atoms with E-state index in [9.17, 15) is 20.2 Å². The Kier molecular flexibility index (Phi) is 13.0. The molecule has 0 aliphatic heterocycles. The Labute approximate surface area is 168 Å². The Hall–Kier alpha value is -1.25. The van der Waals surface area contributed by atoms with Gasteiger partial charge in [-0.15, -0.1) is 0 Å². The van der Waals surface area contributed by atoms with Gasteiger partial charge in [-0.05, 0) is 57.8 Å². The molecule has 0 amide bonds. The number of unbranched alkanes of at least 4 members (excludes halogenated alkanes) is 2. The normalized spacial score (nSPS) is 26.4. The van der Waals surface area contributed by atoms with Gasteiger partial charge < -0.3 is 25.3 Å². The number of ether oxygens (including phenoxy) is 1. The van der Waals surface area contributed by atoms with E-state index in [-0.39, 0.29) is 24.3 Å². The molecular formula is C21H37NO6. The maximum Gasteiger partial charge on any atom is 0.303 e. The number of aliphatic hydroxyl groups excluding tert-OH is 2. The van der Waals surface area contributed by atoms with E-state index in [1.165, 1.54) is 0 Å². The van der Waals surface area contributed by atoms with Gasteiger partial charge in [-0.1, -0.05) is 24.3 Å². The van der Waals surface area contributed by atoms with Crippen LogP contribution in [0.15, 0.2) is 24.3 Å². The summed E-state index contributed by atoms with van der Waals surface area (Å²) in [6.07, 6.45) is 11.5. The molecule has 0 aromatic heterocycles. The van der Waals surface area contributed by atoms with E-state index in [4.69, 9.17) is 9.84 Å². The highest BCUT2D eigenvalue weighted by atomic mass is 16.5. The molecule has 5 N–H and O–H groups in total. The quantitative estimate of drug-likeness (QED) is 0.163. The van der Waals surface area contributed by atoms with E-state index >= 15 is 0 Å². The number of hydrogen-bond acceptors (Lipinski definition) is 6. The Balaban J connectivity index is 2.49. The zero-order chi connectivity index (χ0) is 20.8. The van der Waals surface area contributed by atoms with Crippen LogP contribution in [-0.4, -0.2) is 58.0 Å². The number of carboxylic acid groups (broad SMARTS) is 1. The van der Waals surface area contributed by atoms with Crippen LogP contribution in [0.4, 0.5) is 0 Å². The number of aliphatic carboxylic acids is 1. The van der Waals surface area contributed by atoms with Gasteiger partial charge in [-0.3, -0.25) is 4.79 Å². The molecule has 5 atom stereocenters. The molecule has 0 aromatic rings. The lowest BCUT2D eigenvalue weighted by Gasteiger charge is -2.21. The van der Waals surface area contributed by atoms with Crippen LogP contribution in [0.25, 0.3) is 0 Å². The van der Waals surface area contributed by atoms with Crippen molar-refractivity contribution in [3.63, 3.8) is 0 Å². The third-order valence-corrected chi connectivity index (χ3v) is 5.25. The second kappa shape index (κ2) is 14.7. The van der Waals surface area contributed by atoms with Gasteiger partial charge in [0, 0.05) is 31.6 Å². The molecule has 1 aliphatic carbocycles. The summed E-state index contributed by atoms with van der Waals surface area (Å²) in [6.45, 7) is 3.37. The summed E-state index contributed by atoms with van der Waals surface area (Å²) in [5.74, 6) is -0.929. The molecule has 1 aliphatic rings. The number of aliphatic hydroxyl groups is 2. The molecule has 7 nitrogen and oxygen atoms in total. The van der Waals surface area contributed by atoms with Gasteiger partial charge in [0.25, 0.3) is 0 Å². The van der Waals surface area contributed by atoms with Gasteiger partial charge in [-0.2, -0.15) is 0 Å². The number of rotatable bonds is 15. The summed E-state index contributed by atoms with van der Waals surface area (Å²) in [5.41, 5.74) is 2.29. The topological polar surface area (TPSA) is 119 Å². The van der Waals surface area contributed by atoms with Crippen molar-refractivity contribution < 1.29 is 30.1 Å². The molecule has 1 saturated carbocycles. The fourth-order valence-electron chi connectivity index (χ4n) is 3.67. The SMILES string of the molecule is CCOCCCC[C@H](O)/C=C/[C@H]1C(NO)C[C@H](O)[C@@H]1C/C=C/CCCC(=O)O. The predicted molar refractivity (Wildman–Crippen MR) is 107 cm³/mol.